The van der Waals surface area contributed by atoms with Crippen molar-refractivity contribution < 1.29 is 0 Å². The van der Waals surface area contributed by atoms with Crippen LogP contribution in [0.1, 0.15) is 58.4 Å². The zero-order valence-electron chi connectivity index (χ0n) is 20.6. The molecule has 3 aromatic heterocycles. The van der Waals surface area contributed by atoms with Gasteiger partial charge in [-0.25, -0.2) is 0 Å². The Morgan fingerprint density at radius 3 is 2.36 bits per heavy atom. The first-order chi connectivity index (χ1) is 15.5. The van der Waals surface area contributed by atoms with Gasteiger partial charge in [0, 0.05) is 0 Å². The summed E-state index contributed by atoms with van der Waals surface area (Å²) in [5.74, 6) is 0. The summed E-state index contributed by atoms with van der Waals surface area (Å²) in [7, 11) is 0. The second-order valence-electron chi connectivity index (χ2n) is 11.4. The van der Waals surface area contributed by atoms with E-state index in [1.165, 1.54) is 36.0 Å². The molecule has 0 aliphatic rings. The van der Waals surface area contributed by atoms with Crippen molar-refractivity contribution in [2.45, 2.75) is 60.3 Å². The predicted molar refractivity (Wildman–Crippen MR) is 141 cm³/mol. The van der Waals surface area contributed by atoms with Gasteiger partial charge in [-0.2, -0.15) is 0 Å². The summed E-state index contributed by atoms with van der Waals surface area (Å²) in [5, 5.41) is 2.45. The number of fused-ring (bicyclic) bond motifs is 4. The van der Waals surface area contributed by atoms with Crippen LogP contribution in [0.2, 0.25) is 0 Å². The third-order valence-electron chi connectivity index (χ3n) is 6.06. The number of benzene rings is 2. The van der Waals surface area contributed by atoms with Gasteiger partial charge in [0.1, 0.15) is 0 Å². The van der Waals surface area contributed by atoms with Gasteiger partial charge in [-0.05, 0) is 0 Å². The molecule has 0 saturated carbocycles. The number of hydrogen-bond donors (Lipinski definition) is 0. The first-order valence-electron chi connectivity index (χ1n) is 11.6. The molecule has 0 atom stereocenters. The fourth-order valence-electron chi connectivity index (χ4n) is 4.59. The van der Waals surface area contributed by atoms with Crippen LogP contribution in [0.3, 0.4) is 0 Å². The van der Waals surface area contributed by atoms with E-state index in [2.05, 4.69) is 90.9 Å². The molecule has 0 aliphatic carbocycles. The van der Waals surface area contributed by atoms with Crippen LogP contribution in [-0.2, 0) is 11.8 Å². The van der Waals surface area contributed by atoms with Gasteiger partial charge in [0.05, 0.1) is 0 Å². The molecule has 168 valence electrons. The Morgan fingerprint density at radius 2 is 1.64 bits per heavy atom. The van der Waals surface area contributed by atoms with Crippen molar-refractivity contribution in [3.63, 3.8) is 0 Å². The molecule has 2 aromatic carbocycles. The van der Waals surface area contributed by atoms with Crippen molar-refractivity contribution in [3.05, 3.63) is 65.6 Å². The Morgan fingerprint density at radius 1 is 0.848 bits per heavy atom. The summed E-state index contributed by atoms with van der Waals surface area (Å²) in [5.41, 5.74) is 8.43. The number of aromatic nitrogens is 3. The van der Waals surface area contributed by atoms with Crippen LogP contribution in [0.4, 0.5) is 0 Å². The number of hydrogen-bond acceptors (Lipinski definition) is 3. The van der Waals surface area contributed by atoms with Crippen molar-refractivity contribution in [1.82, 2.24) is 15.0 Å². The molecular weight excluding hydrogens is 469 g/mol. The molecule has 33 heavy (non-hydrogen) atoms. The minimum absolute atomic E-state index is 0.0127. The summed E-state index contributed by atoms with van der Waals surface area (Å²) < 4.78 is 2.72. The van der Waals surface area contributed by atoms with Gasteiger partial charge in [-0.1, -0.05) is 0 Å². The van der Waals surface area contributed by atoms with E-state index in [-0.39, 0.29) is 25.3 Å². The van der Waals surface area contributed by atoms with E-state index in [0.717, 1.165) is 28.8 Å². The van der Waals surface area contributed by atoms with Gasteiger partial charge in [0.25, 0.3) is 0 Å². The Bertz CT molecular complexity index is 1510. The van der Waals surface area contributed by atoms with Crippen molar-refractivity contribution in [2.24, 2.45) is 5.41 Å². The van der Waals surface area contributed by atoms with E-state index in [4.69, 9.17) is 15.0 Å². The fraction of sp³-hybridized carbons (Fsp3) is 0.345. The molecular formula is C29H31N3Se. The number of rotatable bonds is 2. The second kappa shape index (κ2) is 7.75. The summed E-state index contributed by atoms with van der Waals surface area (Å²) >= 11 is 0.192. The average Bonchev–Trinajstić information content (AvgIpc) is 3.08. The second-order valence-corrected chi connectivity index (χ2v) is 13.6. The van der Waals surface area contributed by atoms with Crippen LogP contribution in [0.25, 0.3) is 41.6 Å². The summed E-state index contributed by atoms with van der Waals surface area (Å²) in [4.78, 5) is 14.4. The standard InChI is InChI=1S/C29H31N3Se/c1-17-8-10-19-13-20(14-22(24(19)32-17)29(5,6)7)25-27-26(31-16-30-25)21-11-9-18(12-23(21)33-27)15-28(2,3)4/h8-14,16H,15H2,1-7H3. The Hall–Kier alpha value is -2.55. The molecule has 0 fully saturated rings. The quantitative estimate of drug-likeness (QED) is 0.240. The molecule has 0 aliphatic heterocycles. The molecule has 0 bridgehead atoms. The van der Waals surface area contributed by atoms with Gasteiger partial charge in [-0.3, -0.25) is 0 Å². The topological polar surface area (TPSA) is 38.7 Å². The van der Waals surface area contributed by atoms with Gasteiger partial charge in [0.15, 0.2) is 0 Å². The summed E-state index contributed by atoms with van der Waals surface area (Å²) in [6.07, 6.45) is 2.81. The first-order valence-corrected chi connectivity index (χ1v) is 13.3. The molecule has 0 unspecified atom stereocenters. The molecule has 4 heteroatoms. The predicted octanol–water partition coefficient (Wildman–Crippen LogP) is 7.25. The van der Waals surface area contributed by atoms with E-state index < -0.39 is 0 Å². The van der Waals surface area contributed by atoms with Crippen LogP contribution in [0.15, 0.2) is 48.8 Å². The molecule has 3 nitrogen and oxygen atoms in total. The average molecular weight is 501 g/mol. The third-order valence-corrected chi connectivity index (χ3v) is 8.47. The normalized spacial score (nSPS) is 12.8. The van der Waals surface area contributed by atoms with Gasteiger partial charge < -0.3 is 0 Å². The van der Waals surface area contributed by atoms with E-state index in [9.17, 15) is 0 Å². The zero-order chi connectivity index (χ0) is 23.5. The Labute approximate surface area is 202 Å². The number of aryl methyl sites for hydroxylation is 1. The third kappa shape index (κ3) is 4.23. The van der Waals surface area contributed by atoms with E-state index >= 15 is 0 Å². The SMILES string of the molecule is Cc1ccc2cc(-c3ncnc4c3[se]c3cc(CC(C)(C)C)ccc34)cc(C(C)(C)C)c2n1. The van der Waals surface area contributed by atoms with E-state index in [0.29, 0.717) is 0 Å². The zero-order valence-corrected chi connectivity index (χ0v) is 22.3. The summed E-state index contributed by atoms with van der Waals surface area (Å²) in [6, 6.07) is 15.8. The molecule has 3 heterocycles. The molecule has 0 saturated heterocycles. The van der Waals surface area contributed by atoms with Crippen LogP contribution in [0.5, 0.6) is 0 Å². The molecule has 5 rings (SSSR count). The van der Waals surface area contributed by atoms with Crippen LogP contribution in [0, 0.1) is 12.3 Å². The molecule has 5 aromatic rings. The van der Waals surface area contributed by atoms with Gasteiger partial charge >= 0.3 is 202 Å². The number of pyridine rings is 1. The van der Waals surface area contributed by atoms with Gasteiger partial charge in [0.2, 0.25) is 0 Å². The monoisotopic (exact) mass is 501 g/mol. The molecule has 0 amide bonds. The van der Waals surface area contributed by atoms with Crippen LogP contribution in [-0.4, -0.2) is 29.5 Å². The first kappa shape index (κ1) is 22.3. The molecule has 0 spiro atoms. The maximum absolute atomic E-state index is 4.89. The molecule has 0 N–H and O–H groups in total. The van der Waals surface area contributed by atoms with Crippen molar-refractivity contribution in [2.75, 3.05) is 0 Å². The minimum atomic E-state index is -0.0127. The molecule has 0 radical (unpaired) electrons. The van der Waals surface area contributed by atoms with Crippen molar-refractivity contribution in [1.29, 1.82) is 0 Å². The van der Waals surface area contributed by atoms with Gasteiger partial charge in [-0.15, -0.1) is 0 Å². The van der Waals surface area contributed by atoms with Crippen molar-refractivity contribution >= 4 is 44.8 Å². The van der Waals surface area contributed by atoms with Crippen LogP contribution < -0.4 is 0 Å². The van der Waals surface area contributed by atoms with E-state index in [1.54, 1.807) is 6.33 Å². The van der Waals surface area contributed by atoms with Crippen molar-refractivity contribution in [3.8, 4) is 11.3 Å². The Kier molecular flexibility index (Phi) is 5.23. The maximum atomic E-state index is 4.89. The fourth-order valence-corrected chi connectivity index (χ4v) is 7.17. The van der Waals surface area contributed by atoms with Crippen LogP contribution >= 0.6 is 0 Å². The van der Waals surface area contributed by atoms with E-state index in [1.807, 2.05) is 0 Å². The summed E-state index contributed by atoms with van der Waals surface area (Å²) in [6.45, 7) is 15.7. The number of nitrogens with zero attached hydrogens (tertiary/aromatic N) is 3. The Balaban J connectivity index is 1.74.